The average molecular weight is 479 g/mol. The van der Waals surface area contributed by atoms with Gasteiger partial charge in [-0.05, 0) is 54.4 Å². The molecule has 186 valence electrons. The van der Waals surface area contributed by atoms with Crippen LogP contribution in [0.3, 0.4) is 0 Å². The number of ether oxygens (including phenoxy) is 1. The highest BCUT2D eigenvalue weighted by Gasteiger charge is 2.36. The highest BCUT2D eigenvalue weighted by Crippen LogP contribution is 2.44. The Kier molecular flexibility index (Phi) is 7.43. The fraction of sp³-hybridized carbons (Fsp3) is 0.464. The first-order valence-electron chi connectivity index (χ1n) is 12.4. The fourth-order valence-corrected chi connectivity index (χ4v) is 5.33. The first-order valence-corrected chi connectivity index (χ1v) is 12.4. The normalized spacial score (nSPS) is 20.4. The lowest BCUT2D eigenvalue weighted by Crippen LogP contribution is -2.48. The largest absolute Gasteiger partial charge is 0.481 e. The van der Waals surface area contributed by atoms with Gasteiger partial charge in [0.25, 0.3) is 0 Å². The average Bonchev–Trinajstić information content (AvgIpc) is 3.47. The molecule has 7 nitrogen and oxygen atoms in total. The molecule has 3 N–H and O–H groups in total. The number of carbonyl (C=O) groups excluding carboxylic acids is 2. The van der Waals surface area contributed by atoms with Gasteiger partial charge in [-0.2, -0.15) is 0 Å². The summed E-state index contributed by atoms with van der Waals surface area (Å²) in [6.07, 6.45) is 2.30. The second-order valence-corrected chi connectivity index (χ2v) is 9.94. The van der Waals surface area contributed by atoms with Gasteiger partial charge in [0.2, 0.25) is 5.91 Å². The van der Waals surface area contributed by atoms with E-state index < -0.39 is 23.4 Å². The molecule has 1 fully saturated rings. The van der Waals surface area contributed by atoms with E-state index in [1.54, 1.807) is 6.92 Å². The van der Waals surface area contributed by atoms with E-state index >= 15 is 0 Å². The van der Waals surface area contributed by atoms with Crippen LogP contribution in [0.2, 0.25) is 0 Å². The topological polar surface area (TPSA) is 105 Å². The Balaban J connectivity index is 1.30. The molecule has 2 aromatic carbocycles. The highest BCUT2D eigenvalue weighted by molar-refractivity contribution is 5.83. The maximum Gasteiger partial charge on any atom is 0.407 e. The first-order chi connectivity index (χ1) is 16.8. The summed E-state index contributed by atoms with van der Waals surface area (Å²) >= 11 is 0. The third kappa shape index (κ3) is 5.19. The van der Waals surface area contributed by atoms with Crippen LogP contribution in [-0.2, 0) is 14.3 Å². The molecule has 2 aliphatic carbocycles. The molecule has 2 amide bonds. The van der Waals surface area contributed by atoms with Crippen LogP contribution in [0, 0.1) is 17.3 Å². The Hall–Kier alpha value is -3.35. The number of rotatable bonds is 9. The number of carboxylic acid groups (broad SMARTS) is 1. The van der Waals surface area contributed by atoms with E-state index in [2.05, 4.69) is 34.9 Å². The third-order valence-electron chi connectivity index (χ3n) is 7.80. The van der Waals surface area contributed by atoms with Gasteiger partial charge in [0.05, 0.1) is 11.3 Å². The van der Waals surface area contributed by atoms with Crippen molar-refractivity contribution in [3.63, 3.8) is 0 Å². The Morgan fingerprint density at radius 3 is 2.23 bits per heavy atom. The number of benzene rings is 2. The lowest BCUT2D eigenvalue weighted by Gasteiger charge is -2.28. The second-order valence-electron chi connectivity index (χ2n) is 9.94. The number of aliphatic carboxylic acids is 1. The van der Waals surface area contributed by atoms with E-state index in [9.17, 15) is 19.5 Å². The van der Waals surface area contributed by atoms with E-state index in [0.29, 0.717) is 19.4 Å². The molecule has 0 aromatic heterocycles. The minimum atomic E-state index is -0.817. The van der Waals surface area contributed by atoms with Crippen LogP contribution in [0.5, 0.6) is 0 Å². The van der Waals surface area contributed by atoms with Crippen molar-refractivity contribution in [1.82, 2.24) is 10.6 Å². The Morgan fingerprint density at radius 2 is 1.63 bits per heavy atom. The van der Waals surface area contributed by atoms with Crippen molar-refractivity contribution in [2.45, 2.75) is 45.4 Å². The first kappa shape index (κ1) is 24.8. The summed E-state index contributed by atoms with van der Waals surface area (Å²) < 4.78 is 5.59. The monoisotopic (exact) mass is 478 g/mol. The standard InChI is InChI=1S/C28H34N2O5/c1-3-28(2,26(33)29-15-18-9-8-14-19(18)25(31)32)17-30-27(34)35-16-24-22-12-6-4-10-20(22)21-11-5-7-13-23(21)24/h4-7,10-13,18-19,24H,3,8-9,14-17H2,1-2H3,(H,29,33)(H,30,34)(H,31,32)/t18-,19-,28?/m0/s1. The summed E-state index contributed by atoms with van der Waals surface area (Å²) in [4.78, 5) is 36.9. The maximum absolute atomic E-state index is 12.9. The molecule has 2 aliphatic rings. The zero-order valence-corrected chi connectivity index (χ0v) is 20.4. The van der Waals surface area contributed by atoms with Crippen molar-refractivity contribution < 1.29 is 24.2 Å². The molecule has 7 heteroatoms. The number of alkyl carbamates (subject to hydrolysis) is 1. The molecule has 0 radical (unpaired) electrons. The minimum absolute atomic E-state index is 0.0254. The predicted molar refractivity (Wildman–Crippen MR) is 133 cm³/mol. The summed E-state index contributed by atoms with van der Waals surface area (Å²) in [5.74, 6) is -1.45. The van der Waals surface area contributed by atoms with Crippen LogP contribution >= 0.6 is 0 Å². The predicted octanol–water partition coefficient (Wildman–Crippen LogP) is 4.56. The molecule has 4 rings (SSSR count). The third-order valence-corrected chi connectivity index (χ3v) is 7.80. The van der Waals surface area contributed by atoms with Crippen molar-refractivity contribution in [2.24, 2.45) is 17.3 Å². The van der Waals surface area contributed by atoms with Crippen LogP contribution < -0.4 is 10.6 Å². The quantitative estimate of drug-likeness (QED) is 0.490. The number of nitrogens with one attached hydrogen (secondary N) is 2. The molecule has 0 heterocycles. The van der Waals surface area contributed by atoms with Gasteiger partial charge < -0.3 is 20.5 Å². The summed E-state index contributed by atoms with van der Waals surface area (Å²) in [5, 5.41) is 15.1. The Labute approximate surface area is 206 Å². The van der Waals surface area contributed by atoms with Crippen LogP contribution in [0.1, 0.15) is 56.6 Å². The second kappa shape index (κ2) is 10.5. The van der Waals surface area contributed by atoms with Crippen molar-refractivity contribution in [3.05, 3.63) is 59.7 Å². The molecule has 3 atom stereocenters. The van der Waals surface area contributed by atoms with Crippen LogP contribution in [-0.4, -0.2) is 42.8 Å². The summed E-state index contributed by atoms with van der Waals surface area (Å²) in [6.45, 7) is 4.40. The summed E-state index contributed by atoms with van der Waals surface area (Å²) in [6, 6.07) is 16.3. The number of hydrogen-bond acceptors (Lipinski definition) is 4. The lowest BCUT2D eigenvalue weighted by atomic mass is 9.86. The van der Waals surface area contributed by atoms with Gasteiger partial charge in [0, 0.05) is 19.0 Å². The van der Waals surface area contributed by atoms with Gasteiger partial charge in [-0.3, -0.25) is 9.59 Å². The van der Waals surface area contributed by atoms with E-state index in [0.717, 1.165) is 24.0 Å². The molecule has 2 aromatic rings. The van der Waals surface area contributed by atoms with Gasteiger partial charge in [0.1, 0.15) is 6.61 Å². The molecule has 0 bridgehead atoms. The minimum Gasteiger partial charge on any atom is -0.481 e. The van der Waals surface area contributed by atoms with Gasteiger partial charge in [-0.1, -0.05) is 61.9 Å². The van der Waals surface area contributed by atoms with Crippen LogP contribution in [0.4, 0.5) is 4.79 Å². The SMILES string of the molecule is CCC(C)(CNC(=O)OCC1c2ccccc2-c2ccccc21)C(=O)NC[C@@H]1CCC[C@@H]1C(=O)O. The summed E-state index contributed by atoms with van der Waals surface area (Å²) in [7, 11) is 0. The van der Waals surface area contributed by atoms with E-state index in [1.807, 2.05) is 31.2 Å². The van der Waals surface area contributed by atoms with E-state index in [4.69, 9.17) is 4.74 Å². The van der Waals surface area contributed by atoms with Crippen LogP contribution in [0.25, 0.3) is 11.1 Å². The zero-order chi connectivity index (χ0) is 25.0. The zero-order valence-electron chi connectivity index (χ0n) is 20.4. The Morgan fingerprint density at radius 1 is 1.00 bits per heavy atom. The summed E-state index contributed by atoms with van der Waals surface area (Å²) in [5.41, 5.74) is 3.80. The van der Waals surface area contributed by atoms with E-state index in [1.165, 1.54) is 11.1 Å². The van der Waals surface area contributed by atoms with Crippen molar-refractivity contribution in [3.8, 4) is 11.1 Å². The van der Waals surface area contributed by atoms with Crippen molar-refractivity contribution in [1.29, 1.82) is 0 Å². The molecule has 1 unspecified atom stereocenters. The number of fused-ring (bicyclic) bond motifs is 3. The smallest absolute Gasteiger partial charge is 0.407 e. The molecule has 1 saturated carbocycles. The van der Waals surface area contributed by atoms with Gasteiger partial charge in [-0.25, -0.2) is 4.79 Å². The number of carbonyl (C=O) groups is 3. The van der Waals surface area contributed by atoms with E-state index in [-0.39, 0.29) is 30.9 Å². The molecule has 0 saturated heterocycles. The lowest BCUT2D eigenvalue weighted by molar-refractivity contribution is -0.143. The van der Waals surface area contributed by atoms with Crippen molar-refractivity contribution in [2.75, 3.05) is 19.7 Å². The molecule has 0 aliphatic heterocycles. The number of carboxylic acids is 1. The Bertz CT molecular complexity index is 1050. The molecule has 35 heavy (non-hydrogen) atoms. The van der Waals surface area contributed by atoms with Crippen molar-refractivity contribution >= 4 is 18.0 Å². The fourth-order valence-electron chi connectivity index (χ4n) is 5.33. The molecular formula is C28H34N2O5. The highest BCUT2D eigenvalue weighted by atomic mass is 16.5. The number of amides is 2. The van der Waals surface area contributed by atoms with Gasteiger partial charge in [-0.15, -0.1) is 0 Å². The molecule has 0 spiro atoms. The maximum atomic E-state index is 12.9. The van der Waals surface area contributed by atoms with Crippen LogP contribution in [0.15, 0.2) is 48.5 Å². The van der Waals surface area contributed by atoms with Gasteiger partial charge in [0.15, 0.2) is 0 Å². The number of hydrogen-bond donors (Lipinski definition) is 3. The van der Waals surface area contributed by atoms with Gasteiger partial charge >= 0.3 is 12.1 Å². The molecular weight excluding hydrogens is 444 g/mol.